The van der Waals surface area contributed by atoms with Gasteiger partial charge < -0.3 is 14.6 Å². The molecule has 156 valence electrons. The number of amides is 1. The van der Waals surface area contributed by atoms with Gasteiger partial charge in [-0.05, 0) is 57.0 Å². The maximum Gasteiger partial charge on any atom is 0.262 e. The first-order valence-electron chi connectivity index (χ1n) is 10.4. The smallest absolute Gasteiger partial charge is 0.262 e. The first kappa shape index (κ1) is 20.4. The van der Waals surface area contributed by atoms with Crippen molar-refractivity contribution in [2.75, 3.05) is 11.9 Å². The predicted molar refractivity (Wildman–Crippen MR) is 123 cm³/mol. The van der Waals surface area contributed by atoms with Crippen LogP contribution >= 0.6 is 11.3 Å². The van der Waals surface area contributed by atoms with E-state index in [0.717, 1.165) is 40.3 Å². The number of carbonyl (C=O) groups is 1. The first-order valence-corrected chi connectivity index (χ1v) is 11.2. The summed E-state index contributed by atoms with van der Waals surface area (Å²) in [5.74, 6) is 0.588. The Balaban J connectivity index is 1.84. The average Bonchev–Trinajstić information content (AvgIpc) is 3.13. The van der Waals surface area contributed by atoms with E-state index in [1.54, 1.807) is 11.3 Å². The van der Waals surface area contributed by atoms with E-state index in [-0.39, 0.29) is 12.5 Å². The van der Waals surface area contributed by atoms with Crippen LogP contribution in [0, 0.1) is 13.8 Å². The third-order valence-corrected chi connectivity index (χ3v) is 6.21. The highest BCUT2D eigenvalue weighted by Gasteiger charge is 2.19. The van der Waals surface area contributed by atoms with Gasteiger partial charge in [0.25, 0.3) is 5.91 Å². The van der Waals surface area contributed by atoms with E-state index in [1.807, 2.05) is 12.1 Å². The number of nitrogens with zero attached hydrogens (tertiary/aromatic N) is 2. The average molecular weight is 422 g/mol. The van der Waals surface area contributed by atoms with Crippen molar-refractivity contribution in [1.29, 1.82) is 0 Å². The molecule has 1 aliphatic rings. The lowest BCUT2D eigenvalue weighted by Gasteiger charge is -2.20. The van der Waals surface area contributed by atoms with Crippen LogP contribution in [0.15, 0.2) is 46.8 Å². The van der Waals surface area contributed by atoms with Crippen LogP contribution in [0.3, 0.4) is 0 Å². The third kappa shape index (κ3) is 4.05. The molecule has 4 rings (SSSR count). The Morgan fingerprint density at radius 1 is 1.23 bits per heavy atom. The Labute approximate surface area is 181 Å². The summed E-state index contributed by atoms with van der Waals surface area (Å²) >= 11 is 1.65. The minimum atomic E-state index is -0.122. The number of carbonyl (C=O) groups excluding carboxylic acids is 1. The molecule has 3 aromatic rings. The highest BCUT2D eigenvalue weighted by atomic mass is 32.1. The zero-order valence-corrected chi connectivity index (χ0v) is 18.7. The van der Waals surface area contributed by atoms with Gasteiger partial charge in [0.2, 0.25) is 0 Å². The number of aryl methyl sites for hydroxylation is 2. The summed E-state index contributed by atoms with van der Waals surface area (Å²) in [5.41, 5.74) is 6.28. The largest absolute Gasteiger partial charge is 0.482 e. The Bertz CT molecular complexity index is 1160. The fourth-order valence-electron chi connectivity index (χ4n) is 3.86. The van der Waals surface area contributed by atoms with Crippen LogP contribution in [0.4, 0.5) is 11.4 Å². The molecule has 0 radical (unpaired) electrons. The van der Waals surface area contributed by atoms with Gasteiger partial charge >= 0.3 is 0 Å². The number of thiazole rings is 1. The molecule has 30 heavy (non-hydrogen) atoms. The van der Waals surface area contributed by atoms with Crippen molar-refractivity contribution in [2.45, 2.75) is 46.6 Å². The molecule has 0 saturated heterocycles. The van der Waals surface area contributed by atoms with E-state index in [9.17, 15) is 4.79 Å². The monoisotopic (exact) mass is 421 g/mol. The van der Waals surface area contributed by atoms with Gasteiger partial charge in [0.05, 0.1) is 17.1 Å². The van der Waals surface area contributed by atoms with Crippen molar-refractivity contribution in [1.82, 2.24) is 4.57 Å². The van der Waals surface area contributed by atoms with E-state index in [0.29, 0.717) is 11.8 Å². The zero-order chi connectivity index (χ0) is 21.3. The van der Waals surface area contributed by atoms with Crippen LogP contribution in [-0.4, -0.2) is 17.1 Å². The fourth-order valence-corrected chi connectivity index (χ4v) is 4.87. The van der Waals surface area contributed by atoms with Crippen LogP contribution in [0.1, 0.15) is 43.9 Å². The highest BCUT2D eigenvalue weighted by molar-refractivity contribution is 7.07. The van der Waals surface area contributed by atoms with Crippen molar-refractivity contribution < 1.29 is 9.53 Å². The molecular formula is C24H27N3O2S. The minimum absolute atomic E-state index is 0.0667. The van der Waals surface area contributed by atoms with Crippen LogP contribution in [0.2, 0.25) is 0 Å². The maximum atomic E-state index is 11.7. The molecule has 2 aromatic carbocycles. The highest BCUT2D eigenvalue weighted by Crippen LogP contribution is 2.34. The molecule has 1 amide bonds. The van der Waals surface area contributed by atoms with Gasteiger partial charge in [-0.15, -0.1) is 11.3 Å². The molecule has 0 bridgehead atoms. The Kier molecular flexibility index (Phi) is 5.77. The van der Waals surface area contributed by atoms with E-state index in [2.05, 4.69) is 67.2 Å². The number of aromatic nitrogens is 1. The van der Waals surface area contributed by atoms with Crippen LogP contribution in [0.5, 0.6) is 5.75 Å². The number of hydrogen-bond donors (Lipinski definition) is 1. The Morgan fingerprint density at radius 2 is 2.07 bits per heavy atom. The van der Waals surface area contributed by atoms with Gasteiger partial charge in [-0.2, -0.15) is 0 Å². The molecule has 1 atom stereocenters. The van der Waals surface area contributed by atoms with Gasteiger partial charge in [0, 0.05) is 17.0 Å². The standard InChI is InChI=1S/C24H27N3O2S/c1-5-6-17(4)27-21(18-8-10-22-20(12-18)25-23(28)13-29-22)14-30-24(27)26-19-9-7-15(2)11-16(19)3/h7-12,14,17H,5-6,13H2,1-4H3,(H,25,28). The number of ether oxygens (including phenoxy) is 1. The molecule has 0 spiro atoms. The predicted octanol–water partition coefficient (Wildman–Crippen LogP) is 5.76. The zero-order valence-electron chi connectivity index (χ0n) is 17.9. The quantitative estimate of drug-likeness (QED) is 0.570. The van der Waals surface area contributed by atoms with E-state index < -0.39 is 0 Å². The fraction of sp³-hybridized carbons (Fsp3) is 0.333. The number of nitrogens with one attached hydrogen (secondary N) is 1. The molecule has 0 aliphatic carbocycles. The van der Waals surface area contributed by atoms with Crippen molar-refractivity contribution >= 4 is 28.6 Å². The molecular weight excluding hydrogens is 394 g/mol. The Morgan fingerprint density at radius 3 is 2.83 bits per heavy atom. The minimum Gasteiger partial charge on any atom is -0.482 e. The molecule has 6 heteroatoms. The van der Waals surface area contributed by atoms with E-state index in [1.165, 1.54) is 11.1 Å². The molecule has 1 N–H and O–H groups in total. The molecule has 0 fully saturated rings. The number of fused-ring (bicyclic) bond motifs is 1. The third-order valence-electron chi connectivity index (χ3n) is 5.37. The van der Waals surface area contributed by atoms with Gasteiger partial charge in [-0.1, -0.05) is 31.0 Å². The van der Waals surface area contributed by atoms with Crippen LogP contribution < -0.4 is 14.9 Å². The number of anilines is 1. The second kappa shape index (κ2) is 8.48. The van der Waals surface area contributed by atoms with Crippen LogP contribution in [0.25, 0.3) is 11.3 Å². The molecule has 5 nitrogen and oxygen atoms in total. The lowest BCUT2D eigenvalue weighted by molar-refractivity contribution is -0.118. The van der Waals surface area contributed by atoms with Gasteiger partial charge in [-0.25, -0.2) is 4.99 Å². The van der Waals surface area contributed by atoms with Gasteiger partial charge in [-0.3, -0.25) is 4.79 Å². The molecule has 0 saturated carbocycles. The number of benzene rings is 2. The number of rotatable bonds is 5. The summed E-state index contributed by atoms with van der Waals surface area (Å²) in [4.78, 5) is 17.7. The second-order valence-electron chi connectivity index (χ2n) is 7.86. The van der Waals surface area contributed by atoms with Gasteiger partial charge in [0.15, 0.2) is 11.4 Å². The van der Waals surface area contributed by atoms with Crippen molar-refractivity contribution in [2.24, 2.45) is 4.99 Å². The van der Waals surface area contributed by atoms with Crippen molar-refractivity contribution in [3.63, 3.8) is 0 Å². The number of hydrogen-bond acceptors (Lipinski definition) is 4. The van der Waals surface area contributed by atoms with Crippen molar-refractivity contribution in [3.05, 3.63) is 57.7 Å². The maximum absolute atomic E-state index is 11.7. The van der Waals surface area contributed by atoms with E-state index in [4.69, 9.17) is 9.73 Å². The lowest BCUT2D eigenvalue weighted by Crippen LogP contribution is -2.25. The topological polar surface area (TPSA) is 55.6 Å². The van der Waals surface area contributed by atoms with Gasteiger partial charge in [0.1, 0.15) is 5.75 Å². The summed E-state index contributed by atoms with van der Waals surface area (Å²) in [6.45, 7) is 8.71. The summed E-state index contributed by atoms with van der Waals surface area (Å²) in [6.07, 6.45) is 2.16. The normalized spacial score (nSPS) is 14.8. The van der Waals surface area contributed by atoms with E-state index >= 15 is 0 Å². The Hall–Kier alpha value is -2.86. The molecule has 1 aliphatic heterocycles. The summed E-state index contributed by atoms with van der Waals surface area (Å²) in [6, 6.07) is 12.6. The SMILES string of the molecule is CCCC(C)n1c(-c2ccc3c(c2)NC(=O)CO3)csc1=Nc1ccc(C)cc1C. The molecule has 2 heterocycles. The van der Waals surface area contributed by atoms with Crippen molar-refractivity contribution in [3.8, 4) is 17.0 Å². The molecule has 1 unspecified atom stereocenters. The summed E-state index contributed by atoms with van der Waals surface area (Å²) < 4.78 is 7.84. The second-order valence-corrected chi connectivity index (χ2v) is 8.70. The van der Waals surface area contributed by atoms with Crippen LogP contribution in [-0.2, 0) is 4.79 Å². The first-order chi connectivity index (χ1) is 14.5. The summed E-state index contributed by atoms with van der Waals surface area (Å²) in [5, 5.41) is 5.06. The lowest BCUT2D eigenvalue weighted by atomic mass is 10.1. The molecule has 1 aromatic heterocycles. The summed E-state index contributed by atoms with van der Waals surface area (Å²) in [7, 11) is 0.